The molecule has 1 aromatic carbocycles. The highest BCUT2D eigenvalue weighted by Crippen LogP contribution is 2.30. The molecule has 0 heterocycles. The Morgan fingerprint density at radius 2 is 1.75 bits per heavy atom. The summed E-state index contributed by atoms with van der Waals surface area (Å²) in [6, 6.07) is 3.94. The van der Waals surface area contributed by atoms with E-state index >= 15 is 0 Å². The number of benzene rings is 1. The molecule has 1 aliphatic rings. The fraction of sp³-hybridized carbons (Fsp3) is 0.455. The van der Waals surface area contributed by atoms with Crippen LogP contribution in [-0.2, 0) is 20.0 Å². The minimum atomic E-state index is -3.81. The molecule has 2 rings (SSSR count). The molecule has 1 aromatic rings. The molecule has 6 nitrogen and oxygen atoms in total. The highest BCUT2D eigenvalue weighted by molar-refractivity contribution is 9.10. The standard InChI is InChI=1S/C11H15BrN2O4S2/c12-10-7-9(19(13,15)16)5-6-11(10)14-20(17,18)8-3-1-2-4-8/h5-8,14H,1-4H2,(H2,13,15,16). The second-order valence-corrected chi connectivity index (χ2v) is 9.12. The van der Waals surface area contributed by atoms with Crippen molar-refractivity contribution in [2.75, 3.05) is 4.72 Å². The molecule has 112 valence electrons. The summed E-state index contributed by atoms with van der Waals surface area (Å²) in [4.78, 5) is -0.0758. The summed E-state index contributed by atoms with van der Waals surface area (Å²) in [6.07, 6.45) is 3.14. The molecule has 0 aliphatic heterocycles. The Balaban J connectivity index is 2.26. The zero-order valence-corrected chi connectivity index (χ0v) is 13.8. The van der Waals surface area contributed by atoms with Crippen LogP contribution in [-0.4, -0.2) is 22.1 Å². The number of rotatable bonds is 4. The monoisotopic (exact) mass is 382 g/mol. The molecule has 0 aromatic heterocycles. The quantitative estimate of drug-likeness (QED) is 0.827. The van der Waals surface area contributed by atoms with E-state index in [1.54, 1.807) is 0 Å². The molecule has 0 radical (unpaired) electrons. The number of nitrogens with one attached hydrogen (secondary N) is 1. The Morgan fingerprint density at radius 3 is 2.25 bits per heavy atom. The van der Waals surface area contributed by atoms with Crippen LogP contribution in [0.2, 0.25) is 0 Å². The van der Waals surface area contributed by atoms with Crippen LogP contribution in [0.25, 0.3) is 0 Å². The van der Waals surface area contributed by atoms with E-state index in [1.165, 1.54) is 18.2 Å². The SMILES string of the molecule is NS(=O)(=O)c1ccc(NS(=O)(=O)C2CCCC2)c(Br)c1. The van der Waals surface area contributed by atoms with Gasteiger partial charge in [0, 0.05) is 4.47 Å². The van der Waals surface area contributed by atoms with Gasteiger partial charge in [-0.1, -0.05) is 12.8 Å². The minimum Gasteiger partial charge on any atom is -0.282 e. The first-order valence-electron chi connectivity index (χ1n) is 6.04. The normalized spacial score (nSPS) is 17.3. The van der Waals surface area contributed by atoms with Gasteiger partial charge in [-0.15, -0.1) is 0 Å². The van der Waals surface area contributed by atoms with Crippen molar-refractivity contribution in [1.29, 1.82) is 0 Å². The molecule has 0 saturated heterocycles. The number of halogens is 1. The van der Waals surface area contributed by atoms with Gasteiger partial charge >= 0.3 is 0 Å². The smallest absolute Gasteiger partial charge is 0.238 e. The van der Waals surface area contributed by atoms with Crippen molar-refractivity contribution in [3.05, 3.63) is 22.7 Å². The van der Waals surface area contributed by atoms with Crippen LogP contribution < -0.4 is 9.86 Å². The molecule has 1 aliphatic carbocycles. The van der Waals surface area contributed by atoms with Crippen LogP contribution in [0.4, 0.5) is 5.69 Å². The van der Waals surface area contributed by atoms with Crippen LogP contribution in [0.5, 0.6) is 0 Å². The van der Waals surface area contributed by atoms with Gasteiger partial charge < -0.3 is 0 Å². The fourth-order valence-electron chi connectivity index (χ4n) is 2.19. The maximum atomic E-state index is 12.2. The van der Waals surface area contributed by atoms with Crippen molar-refractivity contribution in [2.45, 2.75) is 35.8 Å². The van der Waals surface area contributed by atoms with Gasteiger partial charge in [-0.05, 0) is 47.0 Å². The fourth-order valence-corrected chi connectivity index (χ4v) is 5.10. The summed E-state index contributed by atoms with van der Waals surface area (Å²) in [5.41, 5.74) is 0.310. The topological polar surface area (TPSA) is 106 Å². The maximum absolute atomic E-state index is 12.2. The number of hydrogen-bond donors (Lipinski definition) is 2. The van der Waals surface area contributed by atoms with Gasteiger partial charge in [0.1, 0.15) is 0 Å². The molecule has 20 heavy (non-hydrogen) atoms. The molecule has 0 unspecified atom stereocenters. The third-order valence-corrected chi connectivity index (χ3v) is 6.68. The number of nitrogens with two attached hydrogens (primary N) is 1. The highest BCUT2D eigenvalue weighted by Gasteiger charge is 2.29. The van der Waals surface area contributed by atoms with Crippen molar-refractivity contribution < 1.29 is 16.8 Å². The average molecular weight is 383 g/mol. The number of sulfonamides is 2. The lowest BCUT2D eigenvalue weighted by atomic mass is 10.3. The summed E-state index contributed by atoms with van der Waals surface area (Å²) in [6.45, 7) is 0. The van der Waals surface area contributed by atoms with E-state index in [0.29, 0.717) is 23.0 Å². The molecule has 1 fully saturated rings. The second kappa shape index (κ2) is 5.63. The van der Waals surface area contributed by atoms with Gasteiger partial charge in [-0.2, -0.15) is 0 Å². The lowest BCUT2D eigenvalue weighted by Crippen LogP contribution is -2.25. The Bertz CT molecular complexity index is 710. The third-order valence-electron chi connectivity index (χ3n) is 3.26. The van der Waals surface area contributed by atoms with E-state index in [1.807, 2.05) is 0 Å². The van der Waals surface area contributed by atoms with Gasteiger partial charge in [-0.3, -0.25) is 4.72 Å². The molecule has 1 saturated carbocycles. The largest absolute Gasteiger partial charge is 0.282 e. The van der Waals surface area contributed by atoms with Crippen molar-refractivity contribution in [1.82, 2.24) is 0 Å². The Kier molecular flexibility index (Phi) is 4.43. The van der Waals surface area contributed by atoms with Crippen LogP contribution in [0, 0.1) is 0 Å². The summed E-state index contributed by atoms with van der Waals surface area (Å²) in [5, 5.41) is 4.63. The van der Waals surface area contributed by atoms with Gasteiger partial charge in [0.25, 0.3) is 0 Å². The van der Waals surface area contributed by atoms with Crippen LogP contribution >= 0.6 is 15.9 Å². The Morgan fingerprint density at radius 1 is 1.15 bits per heavy atom. The molecule has 3 N–H and O–H groups in total. The van der Waals surface area contributed by atoms with Crippen molar-refractivity contribution in [2.24, 2.45) is 5.14 Å². The van der Waals surface area contributed by atoms with Crippen LogP contribution in [0.15, 0.2) is 27.6 Å². The number of primary sulfonamides is 1. The number of hydrogen-bond acceptors (Lipinski definition) is 4. The van der Waals surface area contributed by atoms with Crippen LogP contribution in [0.3, 0.4) is 0 Å². The Hall–Kier alpha value is -0.640. The lowest BCUT2D eigenvalue weighted by molar-refractivity contribution is 0.585. The van der Waals surface area contributed by atoms with E-state index in [2.05, 4.69) is 20.7 Å². The van der Waals surface area contributed by atoms with E-state index in [0.717, 1.165) is 12.8 Å². The summed E-state index contributed by atoms with van der Waals surface area (Å²) in [5.74, 6) is 0. The Labute approximate surface area is 127 Å². The van der Waals surface area contributed by atoms with E-state index in [-0.39, 0.29) is 10.1 Å². The predicted octanol–water partition coefficient (Wildman–Crippen LogP) is 1.78. The van der Waals surface area contributed by atoms with Crippen LogP contribution in [0.1, 0.15) is 25.7 Å². The predicted molar refractivity (Wildman–Crippen MR) is 80.3 cm³/mol. The zero-order chi connectivity index (χ0) is 15.0. The molecule has 0 atom stereocenters. The molecular weight excluding hydrogens is 368 g/mol. The van der Waals surface area contributed by atoms with Gasteiger partial charge in [0.05, 0.1) is 15.8 Å². The lowest BCUT2D eigenvalue weighted by Gasteiger charge is -2.14. The van der Waals surface area contributed by atoms with E-state index in [4.69, 9.17) is 5.14 Å². The first-order chi connectivity index (χ1) is 9.20. The highest BCUT2D eigenvalue weighted by atomic mass is 79.9. The zero-order valence-electron chi connectivity index (χ0n) is 10.5. The molecule has 0 amide bonds. The molecule has 0 bridgehead atoms. The first kappa shape index (κ1) is 15.7. The van der Waals surface area contributed by atoms with E-state index < -0.39 is 20.0 Å². The maximum Gasteiger partial charge on any atom is 0.238 e. The van der Waals surface area contributed by atoms with E-state index in [9.17, 15) is 16.8 Å². The van der Waals surface area contributed by atoms with Gasteiger partial charge in [0.15, 0.2) is 0 Å². The molecule has 0 spiro atoms. The minimum absolute atomic E-state index is 0.0758. The first-order valence-corrected chi connectivity index (χ1v) is 9.93. The second-order valence-electron chi connectivity index (χ2n) is 4.74. The van der Waals surface area contributed by atoms with Crippen molar-refractivity contribution >= 4 is 41.7 Å². The molecular formula is C11H15BrN2O4S2. The van der Waals surface area contributed by atoms with Gasteiger partial charge in [0.2, 0.25) is 20.0 Å². The van der Waals surface area contributed by atoms with Crippen molar-refractivity contribution in [3.8, 4) is 0 Å². The van der Waals surface area contributed by atoms with Gasteiger partial charge in [-0.25, -0.2) is 22.0 Å². The third kappa shape index (κ3) is 3.51. The average Bonchev–Trinajstić information content (AvgIpc) is 2.84. The summed E-state index contributed by atoms with van der Waals surface area (Å²) >= 11 is 3.15. The molecule has 9 heteroatoms. The number of anilines is 1. The van der Waals surface area contributed by atoms with Crippen molar-refractivity contribution in [3.63, 3.8) is 0 Å². The summed E-state index contributed by atoms with van der Waals surface area (Å²) in [7, 11) is -7.25. The summed E-state index contributed by atoms with van der Waals surface area (Å²) < 4.78 is 49.6.